The Labute approximate surface area is 131 Å². The van der Waals surface area contributed by atoms with Crippen molar-refractivity contribution in [2.75, 3.05) is 20.3 Å². The van der Waals surface area contributed by atoms with E-state index in [-0.39, 0.29) is 18.1 Å². The Morgan fingerprint density at radius 1 is 1.41 bits per heavy atom. The van der Waals surface area contributed by atoms with E-state index in [4.69, 9.17) is 9.47 Å². The minimum Gasteiger partial charge on any atom is -0.481 e. The van der Waals surface area contributed by atoms with E-state index in [2.05, 4.69) is 5.10 Å². The van der Waals surface area contributed by atoms with Gasteiger partial charge in [0.1, 0.15) is 0 Å². The van der Waals surface area contributed by atoms with Gasteiger partial charge in [-0.25, -0.2) is 4.68 Å². The first kappa shape index (κ1) is 15.3. The minimum atomic E-state index is 0.0811. The molecule has 3 rings (SSSR count). The largest absolute Gasteiger partial charge is 0.481 e. The van der Waals surface area contributed by atoms with Crippen LogP contribution in [0.5, 0.6) is 5.88 Å². The molecule has 1 aromatic rings. The Morgan fingerprint density at radius 3 is 2.91 bits per heavy atom. The Morgan fingerprint density at radius 2 is 2.23 bits per heavy atom. The van der Waals surface area contributed by atoms with Gasteiger partial charge in [-0.15, -0.1) is 0 Å². The number of ether oxygens (including phenoxy) is 2. The van der Waals surface area contributed by atoms with Gasteiger partial charge < -0.3 is 14.4 Å². The first-order valence-corrected chi connectivity index (χ1v) is 8.10. The topological polar surface area (TPSA) is 56.6 Å². The number of rotatable bonds is 4. The molecule has 0 unspecified atom stereocenters. The summed E-state index contributed by atoms with van der Waals surface area (Å²) >= 11 is 0. The maximum atomic E-state index is 12.7. The molecule has 122 valence electrons. The summed E-state index contributed by atoms with van der Waals surface area (Å²) in [4.78, 5) is 14.7. The third-order valence-electron chi connectivity index (χ3n) is 4.74. The lowest BCUT2D eigenvalue weighted by Gasteiger charge is -2.26. The van der Waals surface area contributed by atoms with Gasteiger partial charge in [0, 0.05) is 20.2 Å². The van der Waals surface area contributed by atoms with Crippen LogP contribution in [0.4, 0.5) is 0 Å². The average molecular weight is 307 g/mol. The Kier molecular flexibility index (Phi) is 4.38. The van der Waals surface area contributed by atoms with Gasteiger partial charge in [0.15, 0.2) is 0 Å². The second-order valence-corrected chi connectivity index (χ2v) is 6.22. The van der Waals surface area contributed by atoms with E-state index in [9.17, 15) is 4.79 Å². The van der Waals surface area contributed by atoms with Crippen LogP contribution in [0, 0.1) is 6.92 Å². The van der Waals surface area contributed by atoms with E-state index in [1.165, 1.54) is 0 Å². The zero-order valence-electron chi connectivity index (χ0n) is 13.7. The second-order valence-electron chi connectivity index (χ2n) is 6.22. The smallest absolute Gasteiger partial charge is 0.225 e. The van der Waals surface area contributed by atoms with Crippen molar-refractivity contribution in [1.82, 2.24) is 14.7 Å². The number of methoxy groups -OCH3 is 1. The number of carbonyl (C=O) groups excluding carboxylic acids is 1. The number of aryl methyl sites for hydroxylation is 2. The molecule has 2 aliphatic heterocycles. The standard InChI is InChI=1S/C16H25N3O3/c1-11-15(16(21-3)18(2)17-11)13-7-4-8-19(13)14(20)10-12-6-5-9-22-12/h12-13H,4-10H2,1-3H3/t12-,13-/m1/s1. The third-order valence-corrected chi connectivity index (χ3v) is 4.74. The number of hydrogen-bond donors (Lipinski definition) is 0. The molecule has 3 heterocycles. The molecule has 2 atom stereocenters. The number of nitrogens with zero attached hydrogens (tertiary/aromatic N) is 3. The summed E-state index contributed by atoms with van der Waals surface area (Å²) in [5.41, 5.74) is 2.00. The van der Waals surface area contributed by atoms with E-state index in [0.717, 1.165) is 56.0 Å². The van der Waals surface area contributed by atoms with Crippen LogP contribution in [-0.4, -0.2) is 47.0 Å². The Bertz CT molecular complexity index is 549. The van der Waals surface area contributed by atoms with E-state index in [0.29, 0.717) is 6.42 Å². The van der Waals surface area contributed by atoms with Crippen LogP contribution in [0.3, 0.4) is 0 Å². The number of amides is 1. The highest BCUT2D eigenvalue weighted by Crippen LogP contribution is 2.39. The zero-order chi connectivity index (χ0) is 15.7. The Hall–Kier alpha value is -1.56. The molecule has 6 nitrogen and oxygen atoms in total. The molecule has 2 aliphatic rings. The van der Waals surface area contributed by atoms with Gasteiger partial charge in [0.2, 0.25) is 11.8 Å². The molecule has 2 saturated heterocycles. The summed E-state index contributed by atoms with van der Waals surface area (Å²) in [6.45, 7) is 3.59. The highest BCUT2D eigenvalue weighted by atomic mass is 16.5. The molecule has 1 amide bonds. The van der Waals surface area contributed by atoms with Crippen LogP contribution in [0.2, 0.25) is 0 Å². The van der Waals surface area contributed by atoms with Crippen molar-refractivity contribution in [3.63, 3.8) is 0 Å². The summed E-state index contributed by atoms with van der Waals surface area (Å²) in [6, 6.07) is 0.0811. The molecule has 2 fully saturated rings. The van der Waals surface area contributed by atoms with Gasteiger partial charge >= 0.3 is 0 Å². The molecule has 0 radical (unpaired) electrons. The number of carbonyl (C=O) groups is 1. The van der Waals surface area contributed by atoms with Gasteiger partial charge in [0.05, 0.1) is 36.9 Å². The molecule has 0 N–H and O–H groups in total. The lowest BCUT2D eigenvalue weighted by atomic mass is 10.0. The second kappa shape index (κ2) is 6.28. The van der Waals surface area contributed by atoms with Crippen LogP contribution < -0.4 is 4.74 Å². The molecule has 0 aromatic carbocycles. The molecule has 0 spiro atoms. The number of likely N-dealkylation sites (tertiary alicyclic amines) is 1. The van der Waals surface area contributed by atoms with Gasteiger partial charge in [-0.05, 0) is 32.6 Å². The fraction of sp³-hybridized carbons (Fsp3) is 0.750. The fourth-order valence-electron chi connectivity index (χ4n) is 3.76. The molecule has 0 saturated carbocycles. The summed E-state index contributed by atoms with van der Waals surface area (Å²) < 4.78 is 12.9. The van der Waals surface area contributed by atoms with Crippen molar-refractivity contribution in [1.29, 1.82) is 0 Å². The van der Waals surface area contributed by atoms with Gasteiger partial charge in [0.25, 0.3) is 0 Å². The van der Waals surface area contributed by atoms with Gasteiger partial charge in [-0.1, -0.05) is 0 Å². The molecule has 1 aromatic heterocycles. The molecular formula is C16H25N3O3. The molecular weight excluding hydrogens is 282 g/mol. The first-order valence-electron chi connectivity index (χ1n) is 8.10. The lowest BCUT2D eigenvalue weighted by molar-refractivity contribution is -0.134. The highest BCUT2D eigenvalue weighted by Gasteiger charge is 2.36. The van der Waals surface area contributed by atoms with Crippen LogP contribution in [-0.2, 0) is 16.6 Å². The summed E-state index contributed by atoms with van der Waals surface area (Å²) in [5, 5.41) is 4.45. The number of aromatic nitrogens is 2. The zero-order valence-corrected chi connectivity index (χ0v) is 13.7. The molecule has 0 bridgehead atoms. The van der Waals surface area contributed by atoms with E-state index in [1.807, 2.05) is 18.9 Å². The third kappa shape index (κ3) is 2.72. The maximum absolute atomic E-state index is 12.7. The highest BCUT2D eigenvalue weighted by molar-refractivity contribution is 5.77. The SMILES string of the molecule is COc1c([C@H]2CCCN2C(=O)C[C@H]2CCCO2)c(C)nn1C. The lowest BCUT2D eigenvalue weighted by Crippen LogP contribution is -2.33. The van der Waals surface area contributed by atoms with Crippen molar-refractivity contribution in [2.24, 2.45) is 7.05 Å². The number of hydrogen-bond acceptors (Lipinski definition) is 4. The van der Waals surface area contributed by atoms with Crippen molar-refractivity contribution in [3.8, 4) is 5.88 Å². The Balaban J connectivity index is 1.79. The monoisotopic (exact) mass is 307 g/mol. The van der Waals surface area contributed by atoms with Crippen molar-refractivity contribution in [2.45, 2.75) is 51.2 Å². The van der Waals surface area contributed by atoms with Crippen LogP contribution in [0.25, 0.3) is 0 Å². The molecule has 6 heteroatoms. The summed E-state index contributed by atoms with van der Waals surface area (Å²) in [5.74, 6) is 0.957. The van der Waals surface area contributed by atoms with Gasteiger partial charge in [-0.3, -0.25) is 4.79 Å². The van der Waals surface area contributed by atoms with Crippen LogP contribution in [0.1, 0.15) is 49.4 Å². The summed E-state index contributed by atoms with van der Waals surface area (Å²) in [6.07, 6.45) is 4.67. The predicted molar refractivity (Wildman–Crippen MR) is 81.8 cm³/mol. The van der Waals surface area contributed by atoms with Crippen molar-refractivity contribution < 1.29 is 14.3 Å². The quantitative estimate of drug-likeness (QED) is 0.853. The normalized spacial score (nSPS) is 25.0. The van der Waals surface area contributed by atoms with Crippen LogP contribution in [0.15, 0.2) is 0 Å². The average Bonchev–Trinajstić information content (AvgIpc) is 3.18. The molecule has 0 aliphatic carbocycles. The van der Waals surface area contributed by atoms with Crippen molar-refractivity contribution in [3.05, 3.63) is 11.3 Å². The maximum Gasteiger partial charge on any atom is 0.225 e. The summed E-state index contributed by atoms with van der Waals surface area (Å²) in [7, 11) is 3.54. The first-order chi connectivity index (χ1) is 10.6. The van der Waals surface area contributed by atoms with E-state index < -0.39 is 0 Å². The fourth-order valence-corrected chi connectivity index (χ4v) is 3.76. The predicted octanol–water partition coefficient (Wildman–Crippen LogP) is 1.97. The van der Waals surface area contributed by atoms with E-state index >= 15 is 0 Å². The molecule has 22 heavy (non-hydrogen) atoms. The van der Waals surface area contributed by atoms with Gasteiger partial charge in [-0.2, -0.15) is 5.10 Å². The van der Waals surface area contributed by atoms with Crippen molar-refractivity contribution >= 4 is 5.91 Å². The van der Waals surface area contributed by atoms with Crippen LogP contribution >= 0.6 is 0 Å². The van der Waals surface area contributed by atoms with E-state index in [1.54, 1.807) is 11.8 Å². The minimum absolute atomic E-state index is 0.0811.